The number of nitrogens with zero attached hydrogens (tertiary/aromatic N) is 3. The van der Waals surface area contributed by atoms with Gasteiger partial charge in [0.1, 0.15) is 11.8 Å². The number of imide groups is 1. The van der Waals surface area contributed by atoms with Crippen LogP contribution < -0.4 is 9.64 Å². The van der Waals surface area contributed by atoms with E-state index in [1.807, 2.05) is 24.3 Å². The number of hydrogen-bond donors (Lipinski definition) is 0. The fourth-order valence-electron chi connectivity index (χ4n) is 4.76. The van der Waals surface area contributed by atoms with Crippen molar-refractivity contribution in [1.82, 2.24) is 10.0 Å². The van der Waals surface area contributed by atoms with Gasteiger partial charge in [0.15, 0.2) is 0 Å². The van der Waals surface area contributed by atoms with Crippen molar-refractivity contribution in [3.8, 4) is 5.75 Å². The fraction of sp³-hybridized carbons (Fsp3) is 0.333. The van der Waals surface area contributed by atoms with E-state index in [1.165, 1.54) is 4.90 Å². The molecule has 3 aliphatic rings. The number of carbonyl (C=O) groups excluding carboxylic acids is 2. The van der Waals surface area contributed by atoms with Crippen molar-refractivity contribution < 1.29 is 14.3 Å². The van der Waals surface area contributed by atoms with Gasteiger partial charge in [0, 0.05) is 18.1 Å². The molecule has 0 radical (unpaired) electrons. The summed E-state index contributed by atoms with van der Waals surface area (Å²) in [5, 5.41) is 4.87. The quantitative estimate of drug-likeness (QED) is 0.745. The Bertz CT molecular complexity index is 931. The van der Waals surface area contributed by atoms with E-state index in [-0.39, 0.29) is 17.9 Å². The minimum atomic E-state index is -0.447. The fourth-order valence-corrected chi connectivity index (χ4v) is 4.89. The Hall–Kier alpha value is -2.41. The van der Waals surface area contributed by atoms with E-state index in [0.717, 1.165) is 30.8 Å². The zero-order chi connectivity index (χ0) is 19.4. The van der Waals surface area contributed by atoms with Crippen molar-refractivity contribution in [3.63, 3.8) is 0 Å². The molecule has 0 saturated carbocycles. The minimum Gasteiger partial charge on any atom is -0.497 e. The van der Waals surface area contributed by atoms with E-state index in [4.69, 9.17) is 16.3 Å². The molecule has 0 spiro atoms. The standard InChI is InChI=1S/C21H20ClN3O3/c1-28-16-9-3-13(4-10-16)18-17-19(24-12-2-11-23(18)24)21(27)25(20(17)26)15-7-5-14(22)6-8-15/h3-10,17-19H,2,11-12H2,1H3/t17-,18+,19+/m0/s1. The van der Waals surface area contributed by atoms with Crippen LogP contribution in [-0.2, 0) is 9.59 Å². The zero-order valence-electron chi connectivity index (χ0n) is 15.4. The summed E-state index contributed by atoms with van der Waals surface area (Å²) in [7, 11) is 1.63. The van der Waals surface area contributed by atoms with Gasteiger partial charge in [-0.3, -0.25) is 9.59 Å². The highest BCUT2D eigenvalue weighted by molar-refractivity contribution is 6.31. The number of fused-ring (bicyclic) bond motifs is 3. The summed E-state index contributed by atoms with van der Waals surface area (Å²) in [6.45, 7) is 1.65. The summed E-state index contributed by atoms with van der Waals surface area (Å²) in [5.74, 6) is 0.0536. The Morgan fingerprint density at radius 3 is 2.18 bits per heavy atom. The first-order valence-electron chi connectivity index (χ1n) is 9.40. The third-order valence-corrected chi connectivity index (χ3v) is 6.20. The molecule has 5 rings (SSSR count). The lowest BCUT2D eigenvalue weighted by atomic mass is 9.90. The third kappa shape index (κ3) is 2.49. The smallest absolute Gasteiger partial charge is 0.253 e. The highest BCUT2D eigenvalue weighted by Gasteiger charge is 2.62. The average molecular weight is 398 g/mol. The second-order valence-electron chi connectivity index (χ2n) is 7.36. The van der Waals surface area contributed by atoms with E-state index < -0.39 is 12.0 Å². The first-order valence-corrected chi connectivity index (χ1v) is 9.78. The van der Waals surface area contributed by atoms with Gasteiger partial charge in [-0.05, 0) is 48.4 Å². The molecule has 3 atom stereocenters. The van der Waals surface area contributed by atoms with E-state index in [9.17, 15) is 9.59 Å². The molecule has 2 aromatic carbocycles. The molecule has 0 aliphatic carbocycles. The number of methoxy groups -OCH3 is 1. The first-order chi connectivity index (χ1) is 13.6. The molecule has 28 heavy (non-hydrogen) atoms. The number of amides is 2. The van der Waals surface area contributed by atoms with Gasteiger partial charge in [0.2, 0.25) is 5.91 Å². The summed E-state index contributed by atoms with van der Waals surface area (Å²) < 4.78 is 5.26. The first kappa shape index (κ1) is 17.7. The van der Waals surface area contributed by atoms with Gasteiger partial charge < -0.3 is 4.74 Å². The molecule has 144 valence electrons. The van der Waals surface area contributed by atoms with Crippen LogP contribution in [-0.4, -0.2) is 48.1 Å². The van der Waals surface area contributed by atoms with Crippen molar-refractivity contribution in [2.24, 2.45) is 5.92 Å². The second-order valence-corrected chi connectivity index (χ2v) is 7.79. The predicted molar refractivity (Wildman–Crippen MR) is 105 cm³/mol. The van der Waals surface area contributed by atoms with E-state index in [1.54, 1.807) is 31.4 Å². The largest absolute Gasteiger partial charge is 0.497 e. The lowest BCUT2D eigenvalue weighted by Crippen LogP contribution is -2.44. The highest BCUT2D eigenvalue weighted by atomic mass is 35.5. The van der Waals surface area contributed by atoms with Gasteiger partial charge in [-0.1, -0.05) is 23.7 Å². The zero-order valence-corrected chi connectivity index (χ0v) is 16.2. The Labute approximate surface area is 168 Å². The van der Waals surface area contributed by atoms with Crippen LogP contribution in [0.2, 0.25) is 5.02 Å². The van der Waals surface area contributed by atoms with Crippen LogP contribution in [0.3, 0.4) is 0 Å². The lowest BCUT2D eigenvalue weighted by molar-refractivity contribution is -0.126. The monoisotopic (exact) mass is 397 g/mol. The third-order valence-electron chi connectivity index (χ3n) is 5.95. The van der Waals surface area contributed by atoms with E-state index in [0.29, 0.717) is 10.7 Å². The normalized spacial score (nSPS) is 27.4. The van der Waals surface area contributed by atoms with Crippen LogP contribution in [0.4, 0.5) is 5.69 Å². The molecule has 0 bridgehead atoms. The number of carbonyl (C=O) groups is 2. The maximum atomic E-state index is 13.4. The van der Waals surface area contributed by atoms with Crippen LogP contribution in [0.25, 0.3) is 0 Å². The maximum Gasteiger partial charge on any atom is 0.253 e. The molecule has 3 fully saturated rings. The summed E-state index contributed by atoms with van der Waals surface area (Å²) in [6, 6.07) is 14.1. The van der Waals surface area contributed by atoms with Crippen molar-refractivity contribution in [1.29, 1.82) is 0 Å². The van der Waals surface area contributed by atoms with E-state index in [2.05, 4.69) is 10.0 Å². The van der Waals surface area contributed by atoms with Crippen LogP contribution in [0.1, 0.15) is 18.0 Å². The number of rotatable bonds is 3. The summed E-state index contributed by atoms with van der Waals surface area (Å²) in [6.07, 6.45) is 0.984. The van der Waals surface area contributed by atoms with E-state index >= 15 is 0 Å². The van der Waals surface area contributed by atoms with Crippen LogP contribution in [0, 0.1) is 5.92 Å². The summed E-state index contributed by atoms with van der Waals surface area (Å²) in [5.41, 5.74) is 1.60. The molecule has 0 aromatic heterocycles. The van der Waals surface area contributed by atoms with Crippen molar-refractivity contribution in [2.75, 3.05) is 25.1 Å². The van der Waals surface area contributed by atoms with Gasteiger partial charge in [-0.2, -0.15) is 0 Å². The number of halogens is 1. The number of anilines is 1. The van der Waals surface area contributed by atoms with Crippen LogP contribution in [0.15, 0.2) is 48.5 Å². The van der Waals surface area contributed by atoms with Gasteiger partial charge >= 0.3 is 0 Å². The summed E-state index contributed by atoms with van der Waals surface area (Å²) >= 11 is 5.97. The van der Waals surface area contributed by atoms with Gasteiger partial charge in [0.25, 0.3) is 5.91 Å². The molecule has 6 nitrogen and oxygen atoms in total. The number of hydrazine groups is 1. The molecule has 3 aliphatic heterocycles. The number of hydrogen-bond acceptors (Lipinski definition) is 5. The van der Waals surface area contributed by atoms with Crippen molar-refractivity contribution in [3.05, 3.63) is 59.1 Å². The molecule has 2 amide bonds. The molecule has 7 heteroatoms. The van der Waals surface area contributed by atoms with Gasteiger partial charge in [-0.25, -0.2) is 14.9 Å². The van der Waals surface area contributed by atoms with Crippen LogP contribution >= 0.6 is 11.6 Å². The molecule has 3 saturated heterocycles. The topological polar surface area (TPSA) is 53.1 Å². The maximum absolute atomic E-state index is 13.4. The molecule has 2 aromatic rings. The molecular formula is C21H20ClN3O3. The van der Waals surface area contributed by atoms with Crippen molar-refractivity contribution in [2.45, 2.75) is 18.5 Å². The number of benzene rings is 2. The molecule has 0 unspecified atom stereocenters. The highest BCUT2D eigenvalue weighted by Crippen LogP contribution is 2.49. The van der Waals surface area contributed by atoms with Crippen molar-refractivity contribution >= 4 is 29.1 Å². The average Bonchev–Trinajstić information content (AvgIpc) is 3.35. The Morgan fingerprint density at radius 2 is 1.54 bits per heavy atom. The van der Waals surface area contributed by atoms with Gasteiger partial charge in [0.05, 0.1) is 24.8 Å². The summed E-state index contributed by atoms with van der Waals surface area (Å²) in [4.78, 5) is 28.0. The second kappa shape index (κ2) is 6.58. The Morgan fingerprint density at radius 1 is 0.893 bits per heavy atom. The Balaban J connectivity index is 1.55. The number of ether oxygens (including phenoxy) is 1. The minimum absolute atomic E-state index is 0.146. The molecular weight excluding hydrogens is 378 g/mol. The lowest BCUT2D eigenvalue weighted by Gasteiger charge is -2.29. The molecule has 3 heterocycles. The predicted octanol–water partition coefficient (Wildman–Crippen LogP) is 2.88. The van der Waals surface area contributed by atoms with Gasteiger partial charge in [-0.15, -0.1) is 0 Å². The SMILES string of the molecule is COc1ccc([C@@H]2[C@@H]3C(=O)N(c4ccc(Cl)cc4)C(=O)[C@@H]3N3CCCN23)cc1. The Kier molecular flexibility index (Phi) is 4.16. The molecule has 0 N–H and O–H groups in total. The van der Waals surface area contributed by atoms with Crippen LogP contribution in [0.5, 0.6) is 5.75 Å².